The summed E-state index contributed by atoms with van der Waals surface area (Å²) >= 11 is 6.25. The summed E-state index contributed by atoms with van der Waals surface area (Å²) in [5, 5.41) is 11.5. The molecule has 0 spiro atoms. The van der Waals surface area contributed by atoms with Gasteiger partial charge in [-0.15, -0.1) is 0 Å². The zero-order valence-corrected chi connectivity index (χ0v) is 13.5. The molecule has 1 aliphatic heterocycles. The van der Waals surface area contributed by atoms with Crippen molar-refractivity contribution in [2.24, 2.45) is 0 Å². The summed E-state index contributed by atoms with van der Waals surface area (Å²) in [6, 6.07) is 7.32. The number of nitrogens with zero attached hydrogens (tertiary/aromatic N) is 4. The lowest BCUT2D eigenvalue weighted by molar-refractivity contribution is -0.424. The highest BCUT2D eigenvalue weighted by Crippen LogP contribution is 2.40. The Morgan fingerprint density at radius 1 is 1.39 bits per heavy atom. The van der Waals surface area contributed by atoms with Crippen LogP contribution in [0.1, 0.15) is 23.9 Å². The lowest BCUT2D eigenvalue weighted by Gasteiger charge is -2.29. The van der Waals surface area contributed by atoms with Gasteiger partial charge in [-0.2, -0.15) is 0 Å². The summed E-state index contributed by atoms with van der Waals surface area (Å²) < 4.78 is 0. The number of pyridine rings is 2. The largest absolute Gasteiger partial charge is 0.313 e. The van der Waals surface area contributed by atoms with Crippen LogP contribution in [-0.2, 0) is 6.42 Å². The highest BCUT2D eigenvalue weighted by atomic mass is 35.5. The van der Waals surface area contributed by atoms with Crippen LogP contribution < -0.4 is 4.90 Å². The van der Waals surface area contributed by atoms with Crippen LogP contribution in [0.25, 0.3) is 5.03 Å². The first-order valence-electron chi connectivity index (χ1n) is 7.25. The number of halogens is 1. The molecule has 0 aliphatic carbocycles. The smallest absolute Gasteiger partial charge is 0.284 e. The van der Waals surface area contributed by atoms with E-state index in [1.54, 1.807) is 23.2 Å². The van der Waals surface area contributed by atoms with Crippen LogP contribution in [0.15, 0.2) is 36.2 Å². The average Bonchev–Trinajstić information content (AvgIpc) is 2.55. The zero-order valence-electron chi connectivity index (χ0n) is 12.8. The van der Waals surface area contributed by atoms with Gasteiger partial charge in [0.1, 0.15) is 17.4 Å². The van der Waals surface area contributed by atoms with E-state index in [0.29, 0.717) is 11.4 Å². The number of anilines is 2. The molecule has 0 unspecified atom stereocenters. The van der Waals surface area contributed by atoms with Gasteiger partial charge in [-0.3, -0.25) is 15.1 Å². The Morgan fingerprint density at radius 2 is 2.17 bits per heavy atom. The number of hydrogen-bond donors (Lipinski definition) is 0. The van der Waals surface area contributed by atoms with E-state index in [9.17, 15) is 10.1 Å². The molecule has 0 atom stereocenters. The van der Waals surface area contributed by atoms with Crippen LogP contribution in [-0.4, -0.2) is 21.4 Å². The molecule has 0 N–H and O–H groups in total. The molecule has 2 aromatic heterocycles. The third kappa shape index (κ3) is 2.66. The standard InChI is InChI=1S/C16H15ClN4O2/c1-3-11-6-7-12-15(17)14(21(22)23)9-20(16(12)19-11)13-5-4-8-18-10(13)2/h4-8H,3,9H2,1-2H3. The SMILES string of the molecule is CCc1ccc2c(n1)N(c1cccnc1C)CC([N+](=O)[O-])=C2Cl. The zero-order chi connectivity index (χ0) is 16.6. The molecule has 0 amide bonds. The molecule has 0 fully saturated rings. The number of nitro groups is 1. The van der Waals surface area contributed by atoms with Crippen molar-refractivity contribution in [3.8, 4) is 0 Å². The second-order valence-corrected chi connectivity index (χ2v) is 5.62. The molecule has 6 nitrogen and oxygen atoms in total. The van der Waals surface area contributed by atoms with Gasteiger partial charge >= 0.3 is 0 Å². The molecule has 0 aromatic carbocycles. The van der Waals surface area contributed by atoms with E-state index in [1.807, 2.05) is 26.0 Å². The van der Waals surface area contributed by atoms with E-state index in [2.05, 4.69) is 9.97 Å². The Hall–Kier alpha value is -2.47. The molecule has 2 aromatic rings. The van der Waals surface area contributed by atoms with E-state index >= 15 is 0 Å². The molecule has 0 bridgehead atoms. The molecule has 23 heavy (non-hydrogen) atoms. The van der Waals surface area contributed by atoms with Crippen molar-refractivity contribution in [3.63, 3.8) is 0 Å². The summed E-state index contributed by atoms with van der Waals surface area (Å²) in [4.78, 5) is 21.6. The van der Waals surface area contributed by atoms with E-state index in [0.717, 1.165) is 23.5 Å². The Balaban J connectivity index is 2.24. The minimum Gasteiger partial charge on any atom is -0.313 e. The van der Waals surface area contributed by atoms with Gasteiger partial charge in [0.25, 0.3) is 5.70 Å². The first kappa shape index (κ1) is 15.4. The molecule has 3 rings (SSSR count). The minimum absolute atomic E-state index is 0.0338. The van der Waals surface area contributed by atoms with Crippen LogP contribution in [0.2, 0.25) is 0 Å². The van der Waals surface area contributed by atoms with Crippen LogP contribution in [0.3, 0.4) is 0 Å². The predicted molar refractivity (Wildman–Crippen MR) is 89.4 cm³/mol. The fraction of sp³-hybridized carbons (Fsp3) is 0.250. The predicted octanol–water partition coefficient (Wildman–Crippen LogP) is 3.68. The topological polar surface area (TPSA) is 72.2 Å². The fourth-order valence-corrected chi connectivity index (χ4v) is 2.89. The molecule has 118 valence electrons. The van der Waals surface area contributed by atoms with Crippen molar-refractivity contribution in [3.05, 3.63) is 63.2 Å². The fourth-order valence-electron chi connectivity index (χ4n) is 2.61. The average molecular weight is 331 g/mol. The van der Waals surface area contributed by atoms with Gasteiger partial charge in [-0.25, -0.2) is 4.98 Å². The monoisotopic (exact) mass is 330 g/mol. The molecule has 1 aliphatic rings. The summed E-state index contributed by atoms with van der Waals surface area (Å²) in [6.45, 7) is 3.94. The van der Waals surface area contributed by atoms with Crippen molar-refractivity contribution in [2.45, 2.75) is 20.3 Å². The maximum absolute atomic E-state index is 11.4. The van der Waals surface area contributed by atoms with Gasteiger partial charge in [0.15, 0.2) is 0 Å². The Bertz CT molecular complexity index is 819. The summed E-state index contributed by atoms with van der Waals surface area (Å²) in [6.07, 6.45) is 2.47. The first-order valence-corrected chi connectivity index (χ1v) is 7.63. The van der Waals surface area contributed by atoms with Gasteiger partial charge in [-0.05, 0) is 37.6 Å². The third-order valence-corrected chi connectivity index (χ3v) is 4.26. The van der Waals surface area contributed by atoms with Crippen LogP contribution in [0.4, 0.5) is 11.5 Å². The lowest BCUT2D eigenvalue weighted by Crippen LogP contribution is -2.29. The van der Waals surface area contributed by atoms with E-state index < -0.39 is 4.92 Å². The molecule has 0 saturated heterocycles. The lowest BCUT2D eigenvalue weighted by atomic mass is 10.1. The summed E-state index contributed by atoms with van der Waals surface area (Å²) in [5.41, 5.74) is 3.02. The number of rotatable bonds is 3. The van der Waals surface area contributed by atoms with Crippen molar-refractivity contribution in [1.82, 2.24) is 9.97 Å². The van der Waals surface area contributed by atoms with Gasteiger partial charge in [0.2, 0.25) is 0 Å². The van der Waals surface area contributed by atoms with Crippen LogP contribution in [0, 0.1) is 17.0 Å². The van der Waals surface area contributed by atoms with Gasteiger partial charge in [0, 0.05) is 17.5 Å². The maximum Gasteiger partial charge on any atom is 0.284 e. The van der Waals surface area contributed by atoms with Crippen LogP contribution >= 0.6 is 11.6 Å². The van der Waals surface area contributed by atoms with E-state index in [4.69, 9.17) is 11.6 Å². The highest BCUT2D eigenvalue weighted by molar-refractivity contribution is 6.49. The number of aryl methyl sites for hydroxylation is 2. The molecule has 7 heteroatoms. The van der Waals surface area contributed by atoms with Crippen molar-refractivity contribution in [2.75, 3.05) is 11.4 Å². The maximum atomic E-state index is 11.4. The Labute approximate surface area is 138 Å². The molecular weight excluding hydrogens is 316 g/mol. The van der Waals surface area contributed by atoms with Crippen molar-refractivity contribution >= 4 is 28.1 Å². The Morgan fingerprint density at radius 3 is 2.83 bits per heavy atom. The first-order chi connectivity index (χ1) is 11.0. The number of hydrogen-bond acceptors (Lipinski definition) is 5. The highest BCUT2D eigenvalue weighted by Gasteiger charge is 2.33. The Kier molecular flexibility index (Phi) is 4.00. The minimum atomic E-state index is -0.433. The number of fused-ring (bicyclic) bond motifs is 1. The summed E-state index contributed by atoms with van der Waals surface area (Å²) in [7, 11) is 0. The quantitative estimate of drug-likeness (QED) is 0.634. The third-order valence-electron chi connectivity index (χ3n) is 3.84. The molecule has 0 saturated carbocycles. The van der Waals surface area contributed by atoms with Crippen LogP contribution in [0.5, 0.6) is 0 Å². The number of aromatic nitrogens is 2. The van der Waals surface area contributed by atoms with E-state index in [1.165, 1.54) is 0 Å². The molecule has 3 heterocycles. The normalized spacial score (nSPS) is 14.0. The van der Waals surface area contributed by atoms with Crippen molar-refractivity contribution in [1.29, 1.82) is 0 Å². The summed E-state index contributed by atoms with van der Waals surface area (Å²) in [5.74, 6) is 0.635. The van der Waals surface area contributed by atoms with Gasteiger partial charge < -0.3 is 4.90 Å². The van der Waals surface area contributed by atoms with E-state index in [-0.39, 0.29) is 17.3 Å². The van der Waals surface area contributed by atoms with Crippen molar-refractivity contribution < 1.29 is 4.92 Å². The molecular formula is C16H15ClN4O2. The second kappa shape index (κ2) is 5.96. The molecule has 0 radical (unpaired) electrons. The van der Waals surface area contributed by atoms with Gasteiger partial charge in [-0.1, -0.05) is 18.5 Å². The second-order valence-electron chi connectivity index (χ2n) is 5.24. The van der Waals surface area contributed by atoms with Gasteiger partial charge in [0.05, 0.1) is 16.3 Å².